The summed E-state index contributed by atoms with van der Waals surface area (Å²) in [5.41, 5.74) is 0.967. The minimum atomic E-state index is -4.37. The maximum atomic E-state index is 12.7. The average molecular weight is 293 g/mol. The molecule has 0 bridgehead atoms. The molecule has 0 amide bonds. The maximum absolute atomic E-state index is 12.7. The second kappa shape index (κ2) is 5.08. The van der Waals surface area contributed by atoms with Crippen LogP contribution in [0.3, 0.4) is 0 Å². The van der Waals surface area contributed by atoms with Gasteiger partial charge in [0.15, 0.2) is 0 Å². The molecule has 108 valence electrons. The Morgan fingerprint density at radius 3 is 2.71 bits per heavy atom. The fourth-order valence-corrected chi connectivity index (χ4v) is 1.99. The number of nitrogens with one attached hydrogen (secondary N) is 1. The van der Waals surface area contributed by atoms with Crippen LogP contribution >= 0.6 is 0 Å². The van der Waals surface area contributed by atoms with E-state index in [1.54, 1.807) is 12.1 Å². The Kier molecular flexibility index (Phi) is 3.25. The van der Waals surface area contributed by atoms with Gasteiger partial charge in [0.1, 0.15) is 12.0 Å². The zero-order chi connectivity index (χ0) is 14.9. The number of pyridine rings is 1. The molecule has 1 N–H and O–H groups in total. The van der Waals surface area contributed by atoms with Gasteiger partial charge in [-0.1, -0.05) is 11.2 Å². The van der Waals surface area contributed by atoms with Crippen LogP contribution in [0.1, 0.15) is 11.3 Å². The Bertz CT molecular complexity index is 754. The molecule has 2 heterocycles. The summed E-state index contributed by atoms with van der Waals surface area (Å²) < 4.78 is 42.8. The third kappa shape index (κ3) is 2.81. The van der Waals surface area contributed by atoms with E-state index in [4.69, 9.17) is 4.52 Å². The fraction of sp³-hybridized carbons (Fsp3) is 0.143. The minimum Gasteiger partial charge on any atom is -0.379 e. The Labute approximate surface area is 117 Å². The first-order valence-corrected chi connectivity index (χ1v) is 6.13. The van der Waals surface area contributed by atoms with E-state index in [9.17, 15) is 13.2 Å². The van der Waals surface area contributed by atoms with Crippen LogP contribution in [0.4, 0.5) is 18.9 Å². The number of nitrogens with zero attached hydrogens (tertiary/aromatic N) is 2. The summed E-state index contributed by atoms with van der Waals surface area (Å²) in [5.74, 6) is 0. The van der Waals surface area contributed by atoms with Gasteiger partial charge in [-0.25, -0.2) is 0 Å². The smallest absolute Gasteiger partial charge is 0.379 e. The first kappa shape index (κ1) is 13.4. The highest BCUT2D eigenvalue weighted by molar-refractivity contribution is 5.91. The standard InChI is InChI=1S/C14H10F3N3O/c15-14(16,17)9-1-2-11-12(3-5-18-13(11)7-9)19-8-10-4-6-21-20-10/h1-7H,8H2,(H,18,19). The van der Waals surface area contributed by atoms with Crippen LogP contribution in [-0.2, 0) is 12.7 Å². The Morgan fingerprint density at radius 2 is 2.00 bits per heavy atom. The molecule has 2 aromatic heterocycles. The third-order valence-electron chi connectivity index (χ3n) is 3.02. The first-order chi connectivity index (χ1) is 10.0. The van der Waals surface area contributed by atoms with E-state index < -0.39 is 11.7 Å². The van der Waals surface area contributed by atoms with Crippen molar-refractivity contribution in [3.63, 3.8) is 0 Å². The summed E-state index contributed by atoms with van der Waals surface area (Å²) >= 11 is 0. The summed E-state index contributed by atoms with van der Waals surface area (Å²) in [6, 6.07) is 6.91. The van der Waals surface area contributed by atoms with E-state index in [2.05, 4.69) is 15.5 Å². The largest absolute Gasteiger partial charge is 0.416 e. The van der Waals surface area contributed by atoms with Gasteiger partial charge in [-0.3, -0.25) is 4.98 Å². The summed E-state index contributed by atoms with van der Waals surface area (Å²) in [6.07, 6.45) is -1.45. The topological polar surface area (TPSA) is 51.0 Å². The minimum absolute atomic E-state index is 0.287. The number of alkyl halides is 3. The number of aromatic nitrogens is 2. The van der Waals surface area contributed by atoms with Crippen LogP contribution in [0.2, 0.25) is 0 Å². The molecule has 4 nitrogen and oxygen atoms in total. The molecule has 7 heteroatoms. The van der Waals surface area contributed by atoms with Gasteiger partial charge in [0, 0.05) is 23.3 Å². The van der Waals surface area contributed by atoms with E-state index in [0.717, 1.165) is 12.1 Å². The molecule has 3 rings (SSSR count). The molecule has 21 heavy (non-hydrogen) atoms. The lowest BCUT2D eigenvalue weighted by atomic mass is 10.1. The lowest BCUT2D eigenvalue weighted by Gasteiger charge is -2.10. The van der Waals surface area contributed by atoms with Crippen molar-refractivity contribution in [1.29, 1.82) is 0 Å². The molecule has 0 radical (unpaired) electrons. The van der Waals surface area contributed by atoms with Gasteiger partial charge in [0.2, 0.25) is 0 Å². The average Bonchev–Trinajstić information content (AvgIpc) is 2.96. The van der Waals surface area contributed by atoms with Gasteiger partial charge in [0.25, 0.3) is 0 Å². The van der Waals surface area contributed by atoms with Crippen molar-refractivity contribution < 1.29 is 17.7 Å². The highest BCUT2D eigenvalue weighted by Gasteiger charge is 2.30. The molecule has 3 aromatic rings. The Balaban J connectivity index is 1.93. The van der Waals surface area contributed by atoms with Gasteiger partial charge < -0.3 is 9.84 Å². The molecular formula is C14H10F3N3O. The molecule has 1 aromatic carbocycles. The van der Waals surface area contributed by atoms with Gasteiger partial charge in [-0.15, -0.1) is 0 Å². The Hall–Kier alpha value is -2.57. The summed E-state index contributed by atoms with van der Waals surface area (Å²) in [6.45, 7) is 0.413. The van der Waals surface area contributed by atoms with E-state index in [1.807, 2.05) is 0 Å². The fourth-order valence-electron chi connectivity index (χ4n) is 1.99. The van der Waals surface area contributed by atoms with Gasteiger partial charge in [-0.2, -0.15) is 13.2 Å². The normalized spacial score (nSPS) is 11.8. The monoisotopic (exact) mass is 293 g/mol. The van der Waals surface area contributed by atoms with Crippen LogP contribution in [0.25, 0.3) is 10.9 Å². The molecule has 0 spiro atoms. The molecule has 0 aliphatic rings. The Morgan fingerprint density at radius 1 is 1.14 bits per heavy atom. The molecule has 0 saturated carbocycles. The van der Waals surface area contributed by atoms with Crippen molar-refractivity contribution in [2.75, 3.05) is 5.32 Å². The second-order valence-electron chi connectivity index (χ2n) is 4.43. The van der Waals surface area contributed by atoms with Gasteiger partial charge >= 0.3 is 6.18 Å². The molecule has 0 aliphatic heterocycles. The summed E-state index contributed by atoms with van der Waals surface area (Å²) in [4.78, 5) is 3.99. The lowest BCUT2D eigenvalue weighted by molar-refractivity contribution is -0.137. The van der Waals surface area contributed by atoms with E-state index in [1.165, 1.54) is 18.5 Å². The molecule has 0 unspecified atom stereocenters. The number of halogens is 3. The predicted molar refractivity (Wildman–Crippen MR) is 70.6 cm³/mol. The molecular weight excluding hydrogens is 283 g/mol. The zero-order valence-corrected chi connectivity index (χ0v) is 10.7. The number of hydrogen-bond acceptors (Lipinski definition) is 4. The molecule has 0 fully saturated rings. The third-order valence-corrected chi connectivity index (χ3v) is 3.02. The van der Waals surface area contributed by atoms with E-state index >= 15 is 0 Å². The highest BCUT2D eigenvalue weighted by atomic mass is 19.4. The maximum Gasteiger partial charge on any atom is 0.416 e. The van der Waals surface area contributed by atoms with Gasteiger partial charge in [0.05, 0.1) is 17.6 Å². The van der Waals surface area contributed by atoms with Crippen molar-refractivity contribution in [3.8, 4) is 0 Å². The van der Waals surface area contributed by atoms with E-state index in [-0.39, 0.29) is 5.52 Å². The van der Waals surface area contributed by atoms with Crippen LogP contribution in [0.5, 0.6) is 0 Å². The molecule has 0 saturated heterocycles. The van der Waals surface area contributed by atoms with Crippen molar-refractivity contribution in [2.45, 2.75) is 12.7 Å². The van der Waals surface area contributed by atoms with Crippen LogP contribution in [0.15, 0.2) is 47.3 Å². The van der Waals surface area contributed by atoms with Crippen LogP contribution in [0, 0.1) is 0 Å². The van der Waals surface area contributed by atoms with E-state index in [0.29, 0.717) is 23.3 Å². The van der Waals surface area contributed by atoms with Crippen LogP contribution < -0.4 is 5.32 Å². The number of rotatable bonds is 3. The predicted octanol–water partition coefficient (Wildman–Crippen LogP) is 3.85. The van der Waals surface area contributed by atoms with Crippen molar-refractivity contribution >= 4 is 16.6 Å². The lowest BCUT2D eigenvalue weighted by Crippen LogP contribution is -2.05. The number of benzene rings is 1. The number of fused-ring (bicyclic) bond motifs is 1. The van der Waals surface area contributed by atoms with Crippen molar-refractivity contribution in [2.24, 2.45) is 0 Å². The summed E-state index contributed by atoms with van der Waals surface area (Å²) in [7, 11) is 0. The first-order valence-electron chi connectivity index (χ1n) is 6.13. The van der Waals surface area contributed by atoms with Gasteiger partial charge in [-0.05, 0) is 18.2 Å². The van der Waals surface area contributed by atoms with Crippen molar-refractivity contribution in [3.05, 3.63) is 54.0 Å². The SMILES string of the molecule is FC(F)(F)c1ccc2c(NCc3ccon3)ccnc2c1. The quantitative estimate of drug-likeness (QED) is 0.796. The molecule has 0 atom stereocenters. The number of hydrogen-bond donors (Lipinski definition) is 1. The van der Waals surface area contributed by atoms with Crippen LogP contribution in [-0.4, -0.2) is 10.1 Å². The number of anilines is 1. The molecule has 0 aliphatic carbocycles. The second-order valence-corrected chi connectivity index (χ2v) is 4.43. The highest BCUT2D eigenvalue weighted by Crippen LogP contribution is 2.32. The van der Waals surface area contributed by atoms with Crippen molar-refractivity contribution in [1.82, 2.24) is 10.1 Å². The zero-order valence-electron chi connectivity index (χ0n) is 10.7. The summed E-state index contributed by atoms with van der Waals surface area (Å²) in [5, 5.41) is 7.48.